The minimum Gasteiger partial charge on any atom is -0.374 e. The molecule has 1 aromatic rings. The molecule has 1 unspecified atom stereocenters. The van der Waals surface area contributed by atoms with Gasteiger partial charge in [-0.25, -0.2) is 0 Å². The average Bonchev–Trinajstić information content (AvgIpc) is 2.63. The fraction of sp³-hybridized carbons (Fsp3) is 0.650. The van der Waals surface area contributed by atoms with Crippen LogP contribution in [0.5, 0.6) is 0 Å². The van der Waals surface area contributed by atoms with Gasteiger partial charge in [-0.2, -0.15) is 0 Å². The minimum atomic E-state index is 0.0859. The van der Waals surface area contributed by atoms with Gasteiger partial charge in [0.15, 0.2) is 0 Å². The molecule has 0 bridgehead atoms. The van der Waals surface area contributed by atoms with Crippen LogP contribution in [0.3, 0.4) is 0 Å². The van der Waals surface area contributed by atoms with Gasteiger partial charge in [-0.1, -0.05) is 37.3 Å². The van der Waals surface area contributed by atoms with Crippen molar-refractivity contribution < 1.29 is 9.53 Å². The number of hydrogen-bond donors (Lipinski definition) is 1. The van der Waals surface area contributed by atoms with Gasteiger partial charge in [0, 0.05) is 26.2 Å². The average molecular weight is 345 g/mol. The number of amides is 1. The zero-order chi connectivity index (χ0) is 17.5. The van der Waals surface area contributed by atoms with Crippen molar-refractivity contribution in [3.05, 3.63) is 35.9 Å². The lowest BCUT2D eigenvalue weighted by Crippen LogP contribution is -2.49. The van der Waals surface area contributed by atoms with Crippen molar-refractivity contribution in [1.82, 2.24) is 15.1 Å². The molecule has 2 aliphatic rings. The summed E-state index contributed by atoms with van der Waals surface area (Å²) in [7, 11) is 0. The summed E-state index contributed by atoms with van der Waals surface area (Å²) in [6.07, 6.45) is 2.49. The van der Waals surface area contributed by atoms with Crippen LogP contribution in [0.1, 0.15) is 25.3 Å². The van der Waals surface area contributed by atoms with Crippen LogP contribution in [0.25, 0.3) is 0 Å². The topological polar surface area (TPSA) is 44.8 Å². The fourth-order valence-corrected chi connectivity index (χ4v) is 3.60. The molecule has 5 nitrogen and oxygen atoms in total. The van der Waals surface area contributed by atoms with E-state index >= 15 is 0 Å². The molecule has 1 amide bonds. The molecule has 0 saturated carbocycles. The molecular weight excluding hydrogens is 314 g/mol. The van der Waals surface area contributed by atoms with Gasteiger partial charge in [-0.3, -0.25) is 14.6 Å². The monoisotopic (exact) mass is 345 g/mol. The first-order valence-electron chi connectivity index (χ1n) is 9.56. The molecular formula is C20H31N3O2. The van der Waals surface area contributed by atoms with E-state index in [1.165, 1.54) is 18.4 Å². The van der Waals surface area contributed by atoms with E-state index in [2.05, 4.69) is 46.3 Å². The highest BCUT2D eigenvalue weighted by Crippen LogP contribution is 2.15. The third-order valence-electron chi connectivity index (χ3n) is 5.24. The van der Waals surface area contributed by atoms with E-state index in [-0.39, 0.29) is 12.0 Å². The zero-order valence-corrected chi connectivity index (χ0v) is 15.3. The van der Waals surface area contributed by atoms with Crippen molar-refractivity contribution in [2.45, 2.75) is 32.4 Å². The highest BCUT2D eigenvalue weighted by atomic mass is 16.5. The highest BCUT2D eigenvalue weighted by molar-refractivity contribution is 5.78. The maximum absolute atomic E-state index is 12.2. The van der Waals surface area contributed by atoms with Gasteiger partial charge in [0.05, 0.1) is 19.3 Å². The number of benzene rings is 1. The third kappa shape index (κ3) is 6.10. The van der Waals surface area contributed by atoms with Crippen LogP contribution in [0.4, 0.5) is 0 Å². The van der Waals surface area contributed by atoms with E-state index in [1.54, 1.807) is 0 Å². The normalized spacial score (nSPS) is 23.5. The van der Waals surface area contributed by atoms with Crippen molar-refractivity contribution >= 4 is 5.91 Å². The van der Waals surface area contributed by atoms with Crippen LogP contribution in [0.2, 0.25) is 0 Å². The number of nitrogens with zero attached hydrogens (tertiary/aromatic N) is 2. The Kier molecular flexibility index (Phi) is 6.84. The second-order valence-corrected chi connectivity index (χ2v) is 7.48. The number of nitrogens with one attached hydrogen (secondary N) is 1. The van der Waals surface area contributed by atoms with Crippen molar-refractivity contribution in [3.8, 4) is 0 Å². The van der Waals surface area contributed by atoms with Crippen LogP contribution in [0.15, 0.2) is 30.3 Å². The summed E-state index contributed by atoms with van der Waals surface area (Å²) in [5.41, 5.74) is 1.33. The van der Waals surface area contributed by atoms with Crippen LogP contribution in [0, 0.1) is 5.92 Å². The van der Waals surface area contributed by atoms with Gasteiger partial charge < -0.3 is 10.1 Å². The Morgan fingerprint density at radius 1 is 1.16 bits per heavy atom. The molecule has 138 valence electrons. The van der Waals surface area contributed by atoms with Crippen molar-refractivity contribution in [2.75, 3.05) is 45.9 Å². The van der Waals surface area contributed by atoms with Gasteiger partial charge >= 0.3 is 0 Å². The van der Waals surface area contributed by atoms with Gasteiger partial charge in [0.25, 0.3) is 0 Å². The van der Waals surface area contributed by atoms with E-state index in [0.717, 1.165) is 45.2 Å². The van der Waals surface area contributed by atoms with Crippen molar-refractivity contribution in [2.24, 2.45) is 5.92 Å². The summed E-state index contributed by atoms with van der Waals surface area (Å²) < 4.78 is 5.83. The number of piperidine rings is 1. The zero-order valence-electron chi connectivity index (χ0n) is 15.3. The number of rotatable bonds is 6. The number of carbonyl (C=O) groups is 1. The number of hydrogen-bond acceptors (Lipinski definition) is 4. The van der Waals surface area contributed by atoms with Crippen molar-refractivity contribution in [1.29, 1.82) is 0 Å². The van der Waals surface area contributed by atoms with Gasteiger partial charge in [0.2, 0.25) is 5.91 Å². The molecule has 0 spiro atoms. The Morgan fingerprint density at radius 2 is 1.92 bits per heavy atom. The van der Waals surface area contributed by atoms with E-state index in [9.17, 15) is 4.79 Å². The summed E-state index contributed by atoms with van der Waals surface area (Å²) in [5, 5.41) is 3.06. The van der Waals surface area contributed by atoms with Gasteiger partial charge in [-0.05, 0) is 37.4 Å². The quantitative estimate of drug-likeness (QED) is 0.853. The Bertz CT molecular complexity index is 529. The van der Waals surface area contributed by atoms with E-state index in [0.29, 0.717) is 13.1 Å². The summed E-state index contributed by atoms with van der Waals surface area (Å²) >= 11 is 0. The fourth-order valence-electron chi connectivity index (χ4n) is 3.60. The lowest BCUT2D eigenvalue weighted by molar-refractivity contribution is -0.123. The SMILES string of the molecule is CC1CCN(CC(=O)NCC2CN(Cc3ccccc3)CCO2)CC1. The molecule has 1 N–H and O–H groups in total. The molecule has 1 aromatic carbocycles. The predicted molar refractivity (Wildman–Crippen MR) is 99.3 cm³/mol. The number of morpholine rings is 1. The molecule has 3 rings (SSSR count). The number of likely N-dealkylation sites (tertiary alicyclic amines) is 1. The summed E-state index contributed by atoms with van der Waals surface area (Å²) in [6, 6.07) is 10.5. The van der Waals surface area contributed by atoms with Gasteiger partial charge in [-0.15, -0.1) is 0 Å². The van der Waals surface area contributed by atoms with E-state index in [1.807, 2.05) is 6.07 Å². The highest BCUT2D eigenvalue weighted by Gasteiger charge is 2.22. The standard InChI is InChI=1S/C20H31N3O2/c1-17-7-9-22(10-8-17)16-20(24)21-13-19-15-23(11-12-25-19)14-18-5-3-2-4-6-18/h2-6,17,19H,7-16H2,1H3,(H,21,24). The molecule has 2 aliphatic heterocycles. The Hall–Kier alpha value is -1.43. The summed E-state index contributed by atoms with van der Waals surface area (Å²) in [4.78, 5) is 16.9. The molecule has 2 heterocycles. The van der Waals surface area contributed by atoms with E-state index < -0.39 is 0 Å². The minimum absolute atomic E-state index is 0.0859. The van der Waals surface area contributed by atoms with Crippen LogP contribution >= 0.6 is 0 Å². The third-order valence-corrected chi connectivity index (χ3v) is 5.24. The van der Waals surface area contributed by atoms with Gasteiger partial charge in [0.1, 0.15) is 0 Å². The lowest BCUT2D eigenvalue weighted by atomic mass is 9.99. The van der Waals surface area contributed by atoms with Crippen LogP contribution < -0.4 is 5.32 Å². The first kappa shape index (κ1) is 18.4. The maximum atomic E-state index is 12.2. The number of ether oxygens (including phenoxy) is 1. The summed E-state index contributed by atoms with van der Waals surface area (Å²) in [6.45, 7) is 9.00. The smallest absolute Gasteiger partial charge is 0.234 e. The lowest BCUT2D eigenvalue weighted by Gasteiger charge is -2.33. The maximum Gasteiger partial charge on any atom is 0.234 e. The molecule has 0 aromatic heterocycles. The molecule has 25 heavy (non-hydrogen) atoms. The Balaban J connectivity index is 1.37. The van der Waals surface area contributed by atoms with Crippen molar-refractivity contribution in [3.63, 3.8) is 0 Å². The molecule has 0 aliphatic carbocycles. The predicted octanol–water partition coefficient (Wildman–Crippen LogP) is 1.74. The number of carbonyl (C=O) groups excluding carboxylic acids is 1. The second kappa shape index (κ2) is 9.32. The van der Waals surface area contributed by atoms with Crippen LogP contribution in [-0.4, -0.2) is 67.7 Å². The molecule has 5 heteroatoms. The molecule has 0 radical (unpaired) electrons. The Morgan fingerprint density at radius 3 is 2.68 bits per heavy atom. The molecule has 2 saturated heterocycles. The molecule has 1 atom stereocenters. The molecule has 2 fully saturated rings. The Labute approximate surface area is 151 Å². The first-order chi connectivity index (χ1) is 12.2. The first-order valence-corrected chi connectivity index (χ1v) is 9.56. The largest absolute Gasteiger partial charge is 0.374 e. The van der Waals surface area contributed by atoms with E-state index in [4.69, 9.17) is 4.74 Å². The second-order valence-electron chi connectivity index (χ2n) is 7.48. The summed E-state index contributed by atoms with van der Waals surface area (Å²) in [5.74, 6) is 0.920. The van der Waals surface area contributed by atoms with Crippen LogP contribution in [-0.2, 0) is 16.1 Å².